The summed E-state index contributed by atoms with van der Waals surface area (Å²) in [5, 5.41) is 15.8. The van der Waals surface area contributed by atoms with Crippen molar-refractivity contribution in [1.29, 1.82) is 0 Å². The third kappa shape index (κ3) is 5.78. The summed E-state index contributed by atoms with van der Waals surface area (Å²) >= 11 is 3.66. The molecular formula is C62H39N3OS2. The molecule has 2 aliphatic rings. The van der Waals surface area contributed by atoms with E-state index in [0.717, 1.165) is 68.1 Å². The van der Waals surface area contributed by atoms with Crippen molar-refractivity contribution >= 4 is 118 Å². The maximum atomic E-state index is 7.17. The van der Waals surface area contributed by atoms with Crippen molar-refractivity contribution < 1.29 is 4.42 Å². The number of hydrogen-bond donors (Lipinski definition) is 1. The number of hydrogen-bond acceptors (Lipinski definition) is 6. The Balaban J connectivity index is 0.998. The van der Waals surface area contributed by atoms with Crippen LogP contribution in [0.25, 0.3) is 95.0 Å². The molecule has 10 aromatic carbocycles. The molecule has 6 heteroatoms. The van der Waals surface area contributed by atoms with Crippen LogP contribution in [0.4, 0.5) is 0 Å². The monoisotopic (exact) mass is 905 g/mol. The van der Waals surface area contributed by atoms with Gasteiger partial charge < -0.3 is 9.73 Å². The average Bonchev–Trinajstić information content (AvgIpc) is 4.07. The van der Waals surface area contributed by atoms with Crippen LogP contribution in [-0.4, -0.2) is 11.7 Å². The average molecular weight is 906 g/mol. The lowest BCUT2D eigenvalue weighted by molar-refractivity contribution is 0.667. The van der Waals surface area contributed by atoms with Gasteiger partial charge in [0.2, 0.25) is 0 Å². The summed E-state index contributed by atoms with van der Waals surface area (Å²) in [6.07, 6.45) is 1.47. The largest absolute Gasteiger partial charge is 0.455 e. The predicted molar refractivity (Wildman–Crippen MR) is 288 cm³/mol. The van der Waals surface area contributed by atoms with Crippen LogP contribution in [0.2, 0.25) is 0 Å². The van der Waals surface area contributed by atoms with Gasteiger partial charge in [0.15, 0.2) is 5.84 Å². The molecule has 1 aliphatic carbocycles. The highest BCUT2D eigenvalue weighted by Gasteiger charge is 2.31. The lowest BCUT2D eigenvalue weighted by atomic mass is 9.84. The molecule has 0 fully saturated rings. The first kappa shape index (κ1) is 38.2. The molecule has 3 aromatic heterocycles. The number of amidine groups is 2. The zero-order chi connectivity index (χ0) is 44.5. The highest BCUT2D eigenvalue weighted by atomic mass is 32.1. The summed E-state index contributed by atoms with van der Waals surface area (Å²) in [5.41, 5.74) is 11.5. The van der Waals surface area contributed by atoms with Crippen molar-refractivity contribution in [3.05, 3.63) is 228 Å². The van der Waals surface area contributed by atoms with E-state index in [1.54, 1.807) is 0 Å². The summed E-state index contributed by atoms with van der Waals surface area (Å²) in [6, 6.07) is 71.1. The minimum absolute atomic E-state index is 0.0970. The van der Waals surface area contributed by atoms with Gasteiger partial charge in [-0.05, 0) is 105 Å². The Labute approximate surface area is 399 Å². The number of aliphatic imine (C=N–C) groups is 2. The Bertz CT molecular complexity index is 4340. The summed E-state index contributed by atoms with van der Waals surface area (Å²) in [5.74, 6) is 1.60. The standard InChI is InChI=1S/C62H39N3OS2/c1-2-15-37-32-49-38(31-36(37)14-1)28-29-40(42-17-5-6-18-43(42)49)39-33-50(56-46-30-27-35-13-3-4-16-41(35)59(46)66-51(56)34-39)62-64-60(47-21-11-25-54-57(47)44-19-7-9-23-52(44)67-54)63-61(65-62)48-22-12-26-55-58(48)45-20-8-10-24-53(45)68-55/h1-27,30-34,40,60H,28-29H2,(H,63,64,65). The van der Waals surface area contributed by atoms with Gasteiger partial charge in [-0.2, -0.15) is 0 Å². The van der Waals surface area contributed by atoms with E-state index in [0.29, 0.717) is 5.84 Å². The molecule has 15 rings (SSSR count). The first-order chi connectivity index (χ1) is 33.7. The topological polar surface area (TPSA) is 49.9 Å². The maximum Gasteiger partial charge on any atom is 0.160 e. The molecule has 68 heavy (non-hydrogen) atoms. The maximum absolute atomic E-state index is 7.17. The minimum Gasteiger partial charge on any atom is -0.455 e. The number of furan rings is 1. The van der Waals surface area contributed by atoms with Gasteiger partial charge in [-0.1, -0.05) is 146 Å². The number of fused-ring (bicyclic) bond motifs is 15. The fraction of sp³-hybridized carbons (Fsp3) is 0.0645. The molecule has 0 amide bonds. The number of benzene rings is 10. The summed E-state index contributed by atoms with van der Waals surface area (Å²) < 4.78 is 12.2. The SMILES string of the molecule is c1ccc2c(c1)-c1cc3ccccc3cc1CCC2c1cc(C2=NC(c3cccc4sc5ccccc5c34)=NC(c3cccc4sc5ccccc5c34)N2)c2c(c1)oc1c3ccccc3ccc12. The van der Waals surface area contributed by atoms with Crippen LogP contribution >= 0.6 is 22.7 Å². The number of aryl methyl sites for hydroxylation is 1. The molecule has 0 radical (unpaired) electrons. The van der Waals surface area contributed by atoms with E-state index in [2.05, 4.69) is 199 Å². The molecule has 2 unspecified atom stereocenters. The van der Waals surface area contributed by atoms with Gasteiger partial charge in [0.25, 0.3) is 0 Å². The summed E-state index contributed by atoms with van der Waals surface area (Å²) in [4.78, 5) is 11.3. The minimum atomic E-state index is -0.431. The smallest absolute Gasteiger partial charge is 0.160 e. The Hall–Kier alpha value is -7.90. The molecule has 2 atom stereocenters. The molecule has 1 N–H and O–H groups in total. The van der Waals surface area contributed by atoms with Gasteiger partial charge in [0, 0.05) is 79.1 Å². The molecule has 1 aliphatic heterocycles. The first-order valence-electron chi connectivity index (χ1n) is 23.4. The van der Waals surface area contributed by atoms with Gasteiger partial charge in [-0.3, -0.25) is 0 Å². The van der Waals surface area contributed by atoms with Crippen LogP contribution in [0.5, 0.6) is 0 Å². The summed E-state index contributed by atoms with van der Waals surface area (Å²) in [6.45, 7) is 0. The van der Waals surface area contributed by atoms with Gasteiger partial charge in [-0.25, -0.2) is 9.98 Å². The van der Waals surface area contributed by atoms with Crippen molar-refractivity contribution in [2.24, 2.45) is 9.98 Å². The quantitative estimate of drug-likeness (QED) is 0.191. The highest BCUT2D eigenvalue weighted by molar-refractivity contribution is 7.26. The molecule has 320 valence electrons. The van der Waals surface area contributed by atoms with Crippen molar-refractivity contribution in [3.8, 4) is 11.1 Å². The number of nitrogens with zero attached hydrogens (tertiary/aromatic N) is 2. The molecular weight excluding hydrogens is 867 g/mol. The van der Waals surface area contributed by atoms with Gasteiger partial charge >= 0.3 is 0 Å². The van der Waals surface area contributed by atoms with Gasteiger partial charge in [0.05, 0.1) is 0 Å². The van der Waals surface area contributed by atoms with E-state index < -0.39 is 6.17 Å². The Morgan fingerprint density at radius 1 is 0.471 bits per heavy atom. The second-order valence-corrected chi connectivity index (χ2v) is 20.5. The molecule has 4 nitrogen and oxygen atoms in total. The van der Waals surface area contributed by atoms with E-state index in [1.807, 2.05) is 22.7 Å². The lowest BCUT2D eigenvalue weighted by Crippen LogP contribution is -2.34. The predicted octanol–water partition coefficient (Wildman–Crippen LogP) is 16.9. The van der Waals surface area contributed by atoms with Crippen molar-refractivity contribution in [3.63, 3.8) is 0 Å². The third-order valence-electron chi connectivity index (χ3n) is 14.6. The fourth-order valence-corrected chi connectivity index (χ4v) is 13.8. The van der Waals surface area contributed by atoms with Gasteiger partial charge in [0.1, 0.15) is 23.2 Å². The van der Waals surface area contributed by atoms with Crippen LogP contribution < -0.4 is 5.32 Å². The first-order valence-corrected chi connectivity index (χ1v) is 25.0. The van der Waals surface area contributed by atoms with Crippen LogP contribution in [0, 0.1) is 0 Å². The second kappa shape index (κ2) is 14.8. The van der Waals surface area contributed by atoms with Crippen molar-refractivity contribution in [1.82, 2.24) is 5.32 Å². The molecule has 0 saturated heterocycles. The van der Waals surface area contributed by atoms with Crippen molar-refractivity contribution in [2.75, 3.05) is 0 Å². The second-order valence-electron chi connectivity index (χ2n) is 18.3. The van der Waals surface area contributed by atoms with E-state index in [1.165, 1.54) is 78.9 Å². The zero-order valence-corrected chi connectivity index (χ0v) is 38.3. The van der Waals surface area contributed by atoms with E-state index in [-0.39, 0.29) is 5.92 Å². The molecule has 0 saturated carbocycles. The molecule has 0 bridgehead atoms. The van der Waals surface area contributed by atoms with E-state index >= 15 is 0 Å². The Morgan fingerprint density at radius 2 is 1.12 bits per heavy atom. The molecule has 0 spiro atoms. The number of nitrogens with one attached hydrogen (secondary N) is 1. The summed E-state index contributed by atoms with van der Waals surface area (Å²) in [7, 11) is 0. The van der Waals surface area contributed by atoms with Crippen LogP contribution in [0.15, 0.2) is 209 Å². The number of thiophene rings is 2. The third-order valence-corrected chi connectivity index (χ3v) is 16.8. The fourth-order valence-electron chi connectivity index (χ4n) is 11.5. The van der Waals surface area contributed by atoms with E-state index in [9.17, 15) is 0 Å². The lowest BCUT2D eigenvalue weighted by Gasteiger charge is -2.26. The Morgan fingerprint density at radius 3 is 1.96 bits per heavy atom. The van der Waals surface area contributed by atoms with Gasteiger partial charge in [-0.15, -0.1) is 22.7 Å². The van der Waals surface area contributed by atoms with Crippen LogP contribution in [-0.2, 0) is 6.42 Å². The van der Waals surface area contributed by atoms with Crippen LogP contribution in [0.1, 0.15) is 51.9 Å². The van der Waals surface area contributed by atoms with E-state index in [4.69, 9.17) is 14.4 Å². The normalized spacial score (nSPS) is 16.1. The van der Waals surface area contributed by atoms with Crippen molar-refractivity contribution in [2.45, 2.75) is 24.9 Å². The molecule has 4 heterocycles. The highest BCUT2D eigenvalue weighted by Crippen LogP contribution is 2.47. The zero-order valence-electron chi connectivity index (χ0n) is 36.7. The Kier molecular flexibility index (Phi) is 8.32. The van der Waals surface area contributed by atoms with Crippen LogP contribution in [0.3, 0.4) is 0 Å². The molecule has 13 aromatic rings. The number of rotatable bonds is 4.